The standard InChI is InChI=1S/C14H19ClFN/c1-10-3-2-4-12(7-5-10)17-14-9-11(15)6-8-13(14)16/h6,8-10,12,17H,2-5,7H2,1H3. The van der Waals surface area contributed by atoms with Crippen LogP contribution < -0.4 is 5.32 Å². The van der Waals surface area contributed by atoms with Crippen molar-refractivity contribution in [3.05, 3.63) is 29.0 Å². The molecular weight excluding hydrogens is 237 g/mol. The van der Waals surface area contributed by atoms with E-state index in [1.165, 1.54) is 25.3 Å². The smallest absolute Gasteiger partial charge is 0.146 e. The van der Waals surface area contributed by atoms with Gasteiger partial charge in [-0.1, -0.05) is 31.4 Å². The summed E-state index contributed by atoms with van der Waals surface area (Å²) >= 11 is 5.88. The van der Waals surface area contributed by atoms with Crippen molar-refractivity contribution in [1.29, 1.82) is 0 Å². The van der Waals surface area contributed by atoms with Crippen LogP contribution in [-0.4, -0.2) is 6.04 Å². The van der Waals surface area contributed by atoms with Gasteiger partial charge in [-0.3, -0.25) is 0 Å². The van der Waals surface area contributed by atoms with E-state index in [0.29, 0.717) is 16.8 Å². The van der Waals surface area contributed by atoms with Gasteiger partial charge in [0.05, 0.1) is 5.69 Å². The van der Waals surface area contributed by atoms with E-state index in [2.05, 4.69) is 12.2 Å². The fourth-order valence-electron chi connectivity index (χ4n) is 2.46. The van der Waals surface area contributed by atoms with Crippen molar-refractivity contribution in [3.8, 4) is 0 Å². The Morgan fingerprint density at radius 3 is 2.88 bits per heavy atom. The molecule has 1 aliphatic rings. The minimum absolute atomic E-state index is 0.216. The fraction of sp³-hybridized carbons (Fsp3) is 0.571. The lowest BCUT2D eigenvalue weighted by atomic mass is 10.0. The summed E-state index contributed by atoms with van der Waals surface area (Å²) in [5.41, 5.74) is 0.539. The molecule has 0 bridgehead atoms. The quantitative estimate of drug-likeness (QED) is 0.744. The molecule has 0 aliphatic heterocycles. The Morgan fingerprint density at radius 1 is 1.24 bits per heavy atom. The maximum atomic E-state index is 13.6. The Labute approximate surface area is 107 Å². The molecule has 1 fully saturated rings. The van der Waals surface area contributed by atoms with Crippen LogP contribution in [0.15, 0.2) is 18.2 Å². The Hall–Kier alpha value is -0.760. The zero-order valence-corrected chi connectivity index (χ0v) is 10.9. The van der Waals surface area contributed by atoms with Gasteiger partial charge in [0.25, 0.3) is 0 Å². The average molecular weight is 256 g/mol. The molecule has 0 aromatic heterocycles. The summed E-state index contributed by atoms with van der Waals surface area (Å²) in [6.07, 6.45) is 5.97. The molecule has 0 radical (unpaired) electrons. The van der Waals surface area contributed by atoms with E-state index in [1.807, 2.05) is 0 Å². The lowest BCUT2D eigenvalue weighted by Gasteiger charge is -2.18. The first-order chi connectivity index (χ1) is 8.15. The van der Waals surface area contributed by atoms with Gasteiger partial charge >= 0.3 is 0 Å². The predicted molar refractivity (Wildman–Crippen MR) is 71.1 cm³/mol. The van der Waals surface area contributed by atoms with Gasteiger partial charge in [-0.05, 0) is 43.4 Å². The molecule has 1 saturated carbocycles. The van der Waals surface area contributed by atoms with E-state index in [9.17, 15) is 4.39 Å². The molecule has 2 rings (SSSR count). The van der Waals surface area contributed by atoms with Crippen LogP contribution in [0.4, 0.5) is 10.1 Å². The van der Waals surface area contributed by atoms with Crippen molar-refractivity contribution in [2.45, 2.75) is 45.1 Å². The Kier molecular flexibility index (Phi) is 4.27. The Bertz CT molecular complexity index is 380. The largest absolute Gasteiger partial charge is 0.380 e. The molecule has 1 nitrogen and oxygen atoms in total. The van der Waals surface area contributed by atoms with Crippen LogP contribution in [0.25, 0.3) is 0 Å². The molecule has 2 unspecified atom stereocenters. The minimum atomic E-state index is -0.216. The molecule has 1 aromatic rings. The van der Waals surface area contributed by atoms with Crippen LogP contribution in [-0.2, 0) is 0 Å². The maximum absolute atomic E-state index is 13.6. The lowest BCUT2D eigenvalue weighted by molar-refractivity contribution is 0.501. The summed E-state index contributed by atoms with van der Waals surface area (Å²) in [5, 5.41) is 3.87. The zero-order valence-electron chi connectivity index (χ0n) is 10.2. The zero-order chi connectivity index (χ0) is 12.3. The molecule has 0 amide bonds. The lowest BCUT2D eigenvalue weighted by Crippen LogP contribution is -2.19. The van der Waals surface area contributed by atoms with E-state index in [4.69, 9.17) is 11.6 Å². The third-order valence-corrected chi connectivity index (χ3v) is 3.78. The SMILES string of the molecule is CC1CCCC(Nc2cc(Cl)ccc2F)CC1. The summed E-state index contributed by atoms with van der Waals surface area (Å²) in [6, 6.07) is 5.06. The molecule has 0 heterocycles. The van der Waals surface area contributed by atoms with E-state index in [1.54, 1.807) is 12.1 Å². The van der Waals surface area contributed by atoms with Gasteiger partial charge in [0.2, 0.25) is 0 Å². The number of benzene rings is 1. The molecule has 2 atom stereocenters. The average Bonchev–Trinajstić information content (AvgIpc) is 2.49. The normalized spacial score (nSPS) is 25.4. The number of hydrogen-bond donors (Lipinski definition) is 1. The van der Waals surface area contributed by atoms with Crippen molar-refractivity contribution < 1.29 is 4.39 Å². The van der Waals surface area contributed by atoms with Gasteiger partial charge in [0.15, 0.2) is 0 Å². The molecular formula is C14H19ClFN. The van der Waals surface area contributed by atoms with Crippen LogP contribution >= 0.6 is 11.6 Å². The van der Waals surface area contributed by atoms with Gasteiger partial charge in [0.1, 0.15) is 5.82 Å². The summed E-state index contributed by atoms with van der Waals surface area (Å²) in [4.78, 5) is 0. The fourth-order valence-corrected chi connectivity index (χ4v) is 2.63. The summed E-state index contributed by atoms with van der Waals surface area (Å²) in [5.74, 6) is 0.581. The van der Waals surface area contributed by atoms with Crippen LogP contribution in [0.5, 0.6) is 0 Å². The van der Waals surface area contributed by atoms with Gasteiger partial charge < -0.3 is 5.32 Å². The topological polar surface area (TPSA) is 12.0 Å². The second kappa shape index (κ2) is 5.72. The van der Waals surface area contributed by atoms with Crippen molar-refractivity contribution in [2.24, 2.45) is 5.92 Å². The highest BCUT2D eigenvalue weighted by molar-refractivity contribution is 6.30. The van der Waals surface area contributed by atoms with E-state index in [0.717, 1.165) is 18.8 Å². The maximum Gasteiger partial charge on any atom is 0.146 e. The Morgan fingerprint density at radius 2 is 2.06 bits per heavy atom. The highest BCUT2D eigenvalue weighted by Crippen LogP contribution is 2.27. The van der Waals surface area contributed by atoms with E-state index < -0.39 is 0 Å². The van der Waals surface area contributed by atoms with E-state index >= 15 is 0 Å². The molecule has 1 aromatic carbocycles. The molecule has 17 heavy (non-hydrogen) atoms. The van der Waals surface area contributed by atoms with Crippen LogP contribution in [0.1, 0.15) is 39.0 Å². The predicted octanol–water partition coefficient (Wildman–Crippen LogP) is 4.86. The second-order valence-corrected chi connectivity index (χ2v) is 5.52. The highest BCUT2D eigenvalue weighted by Gasteiger charge is 2.17. The van der Waals surface area contributed by atoms with E-state index in [-0.39, 0.29) is 5.82 Å². The number of rotatable bonds is 2. The first kappa shape index (κ1) is 12.7. The number of nitrogens with one attached hydrogen (secondary N) is 1. The van der Waals surface area contributed by atoms with Crippen LogP contribution in [0.3, 0.4) is 0 Å². The summed E-state index contributed by atoms with van der Waals surface area (Å²) in [7, 11) is 0. The van der Waals surface area contributed by atoms with Crippen molar-refractivity contribution in [2.75, 3.05) is 5.32 Å². The summed E-state index contributed by atoms with van der Waals surface area (Å²) in [6.45, 7) is 2.29. The first-order valence-electron chi connectivity index (χ1n) is 6.37. The highest BCUT2D eigenvalue weighted by atomic mass is 35.5. The first-order valence-corrected chi connectivity index (χ1v) is 6.74. The monoisotopic (exact) mass is 255 g/mol. The molecule has 3 heteroatoms. The molecule has 1 N–H and O–H groups in total. The van der Waals surface area contributed by atoms with Crippen LogP contribution in [0, 0.1) is 11.7 Å². The second-order valence-electron chi connectivity index (χ2n) is 5.08. The van der Waals surface area contributed by atoms with Gasteiger partial charge in [-0.25, -0.2) is 4.39 Å². The van der Waals surface area contributed by atoms with Crippen molar-refractivity contribution in [1.82, 2.24) is 0 Å². The molecule has 0 spiro atoms. The minimum Gasteiger partial charge on any atom is -0.380 e. The molecule has 94 valence electrons. The summed E-state index contributed by atoms with van der Waals surface area (Å²) < 4.78 is 13.6. The number of anilines is 1. The van der Waals surface area contributed by atoms with Crippen molar-refractivity contribution in [3.63, 3.8) is 0 Å². The van der Waals surface area contributed by atoms with Gasteiger partial charge in [-0.2, -0.15) is 0 Å². The van der Waals surface area contributed by atoms with Crippen LogP contribution in [0.2, 0.25) is 5.02 Å². The van der Waals surface area contributed by atoms with Gasteiger partial charge in [-0.15, -0.1) is 0 Å². The number of hydrogen-bond acceptors (Lipinski definition) is 1. The van der Waals surface area contributed by atoms with Crippen molar-refractivity contribution >= 4 is 17.3 Å². The Balaban J connectivity index is 2.02. The van der Waals surface area contributed by atoms with Gasteiger partial charge in [0, 0.05) is 11.1 Å². The molecule has 1 aliphatic carbocycles. The third kappa shape index (κ3) is 3.60. The number of halogens is 2. The third-order valence-electron chi connectivity index (χ3n) is 3.55. The molecule has 0 saturated heterocycles.